The van der Waals surface area contributed by atoms with Gasteiger partial charge in [-0.25, -0.2) is 17.7 Å². The van der Waals surface area contributed by atoms with E-state index in [1.165, 1.54) is 30.3 Å². The minimum Gasteiger partial charge on any atom is -0.384 e. The number of hydrogen-bond acceptors (Lipinski definition) is 7. The highest BCUT2D eigenvalue weighted by Crippen LogP contribution is 2.15. The highest BCUT2D eigenvalue weighted by atomic mass is 32.2. The Hall–Kier alpha value is -2.37. The zero-order valence-corrected chi connectivity index (χ0v) is 15.8. The Bertz CT molecular complexity index is 846. The standard InChI is InChI=1S/C16H22N6O4S/c1-26-8-9-27(24,25)22-6-4-14(5-7-22)20-16(23)13-2-3-15(17-10-13)21-11-18-19-12-21/h2-3,10-12,14H,4-9H2,1H3,(H,20,23). The SMILES string of the molecule is COCCS(=O)(=O)N1CCC(NC(=O)c2ccc(-n3cnnc3)nc2)CC1. The molecule has 1 aliphatic rings. The highest BCUT2D eigenvalue weighted by molar-refractivity contribution is 7.89. The van der Waals surface area contributed by atoms with Crippen molar-refractivity contribution >= 4 is 15.9 Å². The Morgan fingerprint density at radius 3 is 2.56 bits per heavy atom. The maximum absolute atomic E-state index is 12.4. The summed E-state index contributed by atoms with van der Waals surface area (Å²) in [7, 11) is -1.83. The first-order valence-electron chi connectivity index (χ1n) is 8.58. The number of aromatic nitrogens is 4. The number of sulfonamides is 1. The van der Waals surface area contributed by atoms with Gasteiger partial charge in [-0.15, -0.1) is 10.2 Å². The predicted molar refractivity (Wildman–Crippen MR) is 96.9 cm³/mol. The third kappa shape index (κ3) is 4.87. The van der Waals surface area contributed by atoms with Crippen LogP contribution in [0.25, 0.3) is 5.82 Å². The summed E-state index contributed by atoms with van der Waals surface area (Å²) in [6.07, 6.45) is 5.69. The van der Waals surface area contributed by atoms with Crippen LogP contribution in [0.1, 0.15) is 23.2 Å². The molecule has 0 radical (unpaired) electrons. The summed E-state index contributed by atoms with van der Waals surface area (Å²) < 4.78 is 32.3. The van der Waals surface area contributed by atoms with E-state index < -0.39 is 10.0 Å². The lowest BCUT2D eigenvalue weighted by Crippen LogP contribution is -2.47. The van der Waals surface area contributed by atoms with Crippen LogP contribution >= 0.6 is 0 Å². The van der Waals surface area contributed by atoms with Crippen LogP contribution in [-0.2, 0) is 14.8 Å². The van der Waals surface area contributed by atoms with Gasteiger partial charge in [0.05, 0.1) is 17.9 Å². The molecule has 1 aliphatic heterocycles. The molecule has 146 valence electrons. The summed E-state index contributed by atoms with van der Waals surface area (Å²) in [6, 6.07) is 3.33. The molecule has 0 unspecified atom stereocenters. The van der Waals surface area contributed by atoms with Crippen molar-refractivity contribution in [2.45, 2.75) is 18.9 Å². The second kappa shape index (κ2) is 8.55. The molecule has 0 bridgehead atoms. The summed E-state index contributed by atoms with van der Waals surface area (Å²) in [5.41, 5.74) is 0.446. The molecule has 0 aliphatic carbocycles. The first kappa shape index (κ1) is 19.4. The van der Waals surface area contributed by atoms with Crippen molar-refractivity contribution in [2.24, 2.45) is 0 Å². The fourth-order valence-corrected chi connectivity index (χ4v) is 4.26. The number of pyridine rings is 1. The van der Waals surface area contributed by atoms with Crippen LogP contribution in [-0.4, -0.2) is 77.0 Å². The molecule has 1 fully saturated rings. The Kier molecular flexibility index (Phi) is 6.14. The minimum atomic E-state index is -3.30. The number of rotatable bonds is 7. The van der Waals surface area contributed by atoms with Gasteiger partial charge in [-0.1, -0.05) is 0 Å². The summed E-state index contributed by atoms with van der Waals surface area (Å²) in [5, 5.41) is 10.4. The number of nitrogens with one attached hydrogen (secondary N) is 1. The van der Waals surface area contributed by atoms with Crippen LogP contribution in [0.5, 0.6) is 0 Å². The molecule has 0 spiro atoms. The zero-order valence-electron chi connectivity index (χ0n) is 15.0. The van der Waals surface area contributed by atoms with E-state index in [0.717, 1.165) is 0 Å². The molecule has 3 rings (SSSR count). The number of carbonyl (C=O) groups is 1. The lowest BCUT2D eigenvalue weighted by Gasteiger charge is -2.31. The van der Waals surface area contributed by atoms with E-state index in [4.69, 9.17) is 4.74 Å². The van der Waals surface area contributed by atoms with Crippen molar-refractivity contribution in [3.05, 3.63) is 36.5 Å². The first-order chi connectivity index (χ1) is 13.0. The summed E-state index contributed by atoms with van der Waals surface area (Å²) in [6.45, 7) is 0.959. The maximum atomic E-state index is 12.4. The molecule has 0 aromatic carbocycles. The minimum absolute atomic E-state index is 0.0228. The van der Waals surface area contributed by atoms with Crippen LogP contribution in [0.15, 0.2) is 31.0 Å². The van der Waals surface area contributed by atoms with Gasteiger partial charge in [-0.3, -0.25) is 9.36 Å². The van der Waals surface area contributed by atoms with Gasteiger partial charge in [0.15, 0.2) is 0 Å². The van der Waals surface area contributed by atoms with Crippen LogP contribution in [0.3, 0.4) is 0 Å². The van der Waals surface area contributed by atoms with E-state index in [9.17, 15) is 13.2 Å². The zero-order chi connectivity index (χ0) is 19.3. The number of methoxy groups -OCH3 is 1. The summed E-state index contributed by atoms with van der Waals surface area (Å²) in [5.74, 6) is 0.370. The Balaban J connectivity index is 1.52. The Morgan fingerprint density at radius 2 is 1.96 bits per heavy atom. The molecular weight excluding hydrogens is 372 g/mol. The van der Waals surface area contributed by atoms with Crippen LogP contribution in [0, 0.1) is 0 Å². The van der Waals surface area contributed by atoms with Crippen molar-refractivity contribution in [1.29, 1.82) is 0 Å². The largest absolute Gasteiger partial charge is 0.384 e. The van der Waals surface area contributed by atoms with E-state index in [0.29, 0.717) is 37.3 Å². The molecule has 10 nitrogen and oxygen atoms in total. The molecule has 3 heterocycles. The number of amides is 1. The molecule has 2 aromatic rings. The molecule has 0 saturated carbocycles. The number of ether oxygens (including phenoxy) is 1. The lowest BCUT2D eigenvalue weighted by molar-refractivity contribution is 0.0923. The number of nitrogens with zero attached hydrogens (tertiary/aromatic N) is 5. The molecule has 1 saturated heterocycles. The van der Waals surface area contributed by atoms with Crippen LogP contribution < -0.4 is 5.32 Å². The van der Waals surface area contributed by atoms with Gasteiger partial charge in [-0.2, -0.15) is 0 Å². The van der Waals surface area contributed by atoms with Crippen molar-refractivity contribution in [1.82, 2.24) is 29.4 Å². The predicted octanol–water partition coefficient (Wildman–Crippen LogP) is -0.167. The van der Waals surface area contributed by atoms with Crippen LogP contribution in [0.4, 0.5) is 0 Å². The second-order valence-corrected chi connectivity index (χ2v) is 8.32. The number of carbonyl (C=O) groups excluding carboxylic acids is 1. The van der Waals surface area contributed by atoms with E-state index >= 15 is 0 Å². The van der Waals surface area contributed by atoms with Gasteiger partial charge in [0.1, 0.15) is 18.5 Å². The summed E-state index contributed by atoms with van der Waals surface area (Å²) >= 11 is 0. The summed E-state index contributed by atoms with van der Waals surface area (Å²) in [4.78, 5) is 16.6. The number of hydrogen-bond donors (Lipinski definition) is 1. The molecule has 11 heteroatoms. The maximum Gasteiger partial charge on any atom is 0.253 e. The third-order valence-electron chi connectivity index (χ3n) is 4.42. The van der Waals surface area contributed by atoms with E-state index in [1.807, 2.05) is 0 Å². The average Bonchev–Trinajstić information content (AvgIpc) is 3.22. The van der Waals surface area contributed by atoms with Crippen molar-refractivity contribution < 1.29 is 17.9 Å². The fraction of sp³-hybridized carbons (Fsp3) is 0.500. The van der Waals surface area contributed by atoms with Crippen molar-refractivity contribution in [3.8, 4) is 5.82 Å². The Morgan fingerprint density at radius 1 is 1.26 bits per heavy atom. The monoisotopic (exact) mass is 394 g/mol. The fourth-order valence-electron chi connectivity index (χ4n) is 2.86. The molecule has 1 N–H and O–H groups in total. The van der Waals surface area contributed by atoms with Gasteiger partial charge in [-0.05, 0) is 25.0 Å². The normalized spacial score (nSPS) is 16.3. The van der Waals surface area contributed by atoms with Gasteiger partial charge in [0.25, 0.3) is 5.91 Å². The third-order valence-corrected chi connectivity index (χ3v) is 6.26. The van der Waals surface area contributed by atoms with Crippen molar-refractivity contribution in [3.63, 3.8) is 0 Å². The second-order valence-electron chi connectivity index (χ2n) is 6.23. The van der Waals surface area contributed by atoms with E-state index in [-0.39, 0.29) is 24.3 Å². The van der Waals surface area contributed by atoms with Gasteiger partial charge >= 0.3 is 0 Å². The molecule has 2 aromatic heterocycles. The van der Waals surface area contributed by atoms with Gasteiger partial charge in [0, 0.05) is 32.4 Å². The van der Waals surface area contributed by atoms with Gasteiger partial charge in [0.2, 0.25) is 10.0 Å². The highest BCUT2D eigenvalue weighted by Gasteiger charge is 2.28. The molecule has 27 heavy (non-hydrogen) atoms. The smallest absolute Gasteiger partial charge is 0.253 e. The molecule has 1 amide bonds. The topological polar surface area (TPSA) is 119 Å². The quantitative estimate of drug-likeness (QED) is 0.692. The average molecular weight is 394 g/mol. The Labute approximate surface area is 157 Å². The van der Waals surface area contributed by atoms with E-state index in [2.05, 4.69) is 20.5 Å². The van der Waals surface area contributed by atoms with Crippen molar-refractivity contribution in [2.75, 3.05) is 32.6 Å². The first-order valence-corrected chi connectivity index (χ1v) is 10.2. The molecule has 0 atom stereocenters. The number of piperidine rings is 1. The molecular formula is C16H22N6O4S. The van der Waals surface area contributed by atoms with E-state index in [1.54, 1.807) is 16.7 Å². The lowest BCUT2D eigenvalue weighted by atomic mass is 10.1. The van der Waals surface area contributed by atoms with Gasteiger partial charge < -0.3 is 10.1 Å². The van der Waals surface area contributed by atoms with Crippen LogP contribution in [0.2, 0.25) is 0 Å².